The van der Waals surface area contributed by atoms with Crippen molar-refractivity contribution in [1.29, 1.82) is 0 Å². The molecule has 2 aromatic heterocycles. The van der Waals surface area contributed by atoms with Gasteiger partial charge in [0, 0.05) is 15.3 Å². The second kappa shape index (κ2) is 6.92. The molecule has 0 aliphatic rings. The molecule has 0 saturated carbocycles. The number of hydrogen-bond donors (Lipinski definition) is 1. The third kappa shape index (κ3) is 3.86. The SMILES string of the molecule is Cc1ccc(CC(=O)N[C@@H](C)c2nc(-c3ccc(F)cc3)no2)s1. The lowest BCUT2D eigenvalue weighted by molar-refractivity contribution is -0.121. The molecule has 0 saturated heterocycles. The van der Waals surface area contributed by atoms with Crippen LogP contribution in [0.1, 0.15) is 28.6 Å². The molecule has 1 atom stereocenters. The normalized spacial score (nSPS) is 12.1. The Morgan fingerprint density at radius 1 is 1.29 bits per heavy atom. The first-order valence-corrected chi connectivity index (χ1v) is 8.27. The van der Waals surface area contributed by atoms with Crippen LogP contribution in [0.25, 0.3) is 11.4 Å². The Kier molecular flexibility index (Phi) is 4.71. The van der Waals surface area contributed by atoms with Gasteiger partial charge < -0.3 is 9.84 Å². The molecular formula is C17H16FN3O2S. The molecule has 124 valence electrons. The lowest BCUT2D eigenvalue weighted by Crippen LogP contribution is -2.28. The van der Waals surface area contributed by atoms with E-state index in [1.165, 1.54) is 17.0 Å². The van der Waals surface area contributed by atoms with Gasteiger partial charge in [-0.05, 0) is 50.2 Å². The zero-order chi connectivity index (χ0) is 17.1. The standard InChI is InChI=1S/C17H16FN3O2S/c1-10-3-8-14(24-10)9-15(22)19-11(2)17-20-16(21-23-17)12-4-6-13(18)7-5-12/h3-8,11H,9H2,1-2H3,(H,19,22)/t11-/m0/s1. The third-order valence-corrected chi connectivity index (χ3v) is 4.42. The molecule has 0 radical (unpaired) electrons. The summed E-state index contributed by atoms with van der Waals surface area (Å²) in [6.07, 6.45) is 0.321. The molecule has 0 aliphatic carbocycles. The van der Waals surface area contributed by atoms with Crippen molar-refractivity contribution in [1.82, 2.24) is 15.5 Å². The largest absolute Gasteiger partial charge is 0.344 e. The van der Waals surface area contributed by atoms with Crippen molar-refractivity contribution in [2.75, 3.05) is 0 Å². The highest BCUT2D eigenvalue weighted by Crippen LogP contribution is 2.20. The number of rotatable bonds is 5. The van der Waals surface area contributed by atoms with Gasteiger partial charge in [-0.2, -0.15) is 4.98 Å². The van der Waals surface area contributed by atoms with E-state index in [-0.39, 0.29) is 11.7 Å². The van der Waals surface area contributed by atoms with Gasteiger partial charge in [0.15, 0.2) is 0 Å². The second-order valence-electron chi connectivity index (χ2n) is 5.44. The summed E-state index contributed by atoms with van der Waals surface area (Å²) in [5, 5.41) is 6.71. The number of hydrogen-bond acceptors (Lipinski definition) is 5. The quantitative estimate of drug-likeness (QED) is 0.766. The van der Waals surface area contributed by atoms with Crippen LogP contribution in [0.4, 0.5) is 4.39 Å². The first-order valence-electron chi connectivity index (χ1n) is 7.45. The number of aryl methyl sites for hydroxylation is 1. The van der Waals surface area contributed by atoms with Crippen LogP contribution in [0.2, 0.25) is 0 Å². The predicted octanol–water partition coefficient (Wildman–Crippen LogP) is 3.67. The Morgan fingerprint density at radius 3 is 2.71 bits per heavy atom. The van der Waals surface area contributed by atoms with E-state index in [1.54, 1.807) is 30.4 Å². The first-order chi connectivity index (χ1) is 11.5. The maximum atomic E-state index is 12.9. The van der Waals surface area contributed by atoms with Gasteiger partial charge >= 0.3 is 0 Å². The average Bonchev–Trinajstić information content (AvgIpc) is 3.17. The van der Waals surface area contributed by atoms with E-state index in [0.717, 1.165) is 4.88 Å². The molecule has 2 heterocycles. The minimum Gasteiger partial charge on any atom is -0.344 e. The van der Waals surface area contributed by atoms with E-state index >= 15 is 0 Å². The minimum absolute atomic E-state index is 0.106. The van der Waals surface area contributed by atoms with Gasteiger partial charge in [0.05, 0.1) is 6.42 Å². The summed E-state index contributed by atoms with van der Waals surface area (Å²) >= 11 is 1.60. The molecule has 24 heavy (non-hydrogen) atoms. The summed E-state index contributed by atoms with van der Waals surface area (Å²) in [4.78, 5) is 18.5. The lowest BCUT2D eigenvalue weighted by Gasteiger charge is -2.08. The number of halogens is 1. The monoisotopic (exact) mass is 345 g/mol. The summed E-state index contributed by atoms with van der Waals surface area (Å²) in [7, 11) is 0. The van der Waals surface area contributed by atoms with Crippen LogP contribution in [-0.4, -0.2) is 16.0 Å². The van der Waals surface area contributed by atoms with Crippen molar-refractivity contribution in [2.45, 2.75) is 26.3 Å². The van der Waals surface area contributed by atoms with Gasteiger partial charge in [0.1, 0.15) is 11.9 Å². The van der Waals surface area contributed by atoms with E-state index in [0.29, 0.717) is 23.7 Å². The minimum atomic E-state index is -0.403. The molecule has 1 aromatic carbocycles. The van der Waals surface area contributed by atoms with Crippen molar-refractivity contribution >= 4 is 17.2 Å². The molecular weight excluding hydrogens is 329 g/mol. The summed E-state index contributed by atoms with van der Waals surface area (Å²) in [5.41, 5.74) is 0.652. The topological polar surface area (TPSA) is 68.0 Å². The number of benzene rings is 1. The Bertz CT molecular complexity index is 842. The third-order valence-electron chi connectivity index (χ3n) is 3.42. The van der Waals surface area contributed by atoms with Gasteiger partial charge in [-0.15, -0.1) is 11.3 Å². The molecule has 7 heteroatoms. The molecule has 0 unspecified atom stereocenters. The molecule has 1 amide bonds. The van der Waals surface area contributed by atoms with Crippen LogP contribution in [0.3, 0.4) is 0 Å². The van der Waals surface area contributed by atoms with Gasteiger partial charge in [-0.25, -0.2) is 4.39 Å². The fraction of sp³-hybridized carbons (Fsp3) is 0.235. The van der Waals surface area contributed by atoms with E-state index in [4.69, 9.17) is 4.52 Å². The van der Waals surface area contributed by atoms with Crippen molar-refractivity contribution in [3.05, 3.63) is 57.9 Å². The van der Waals surface area contributed by atoms with Crippen molar-refractivity contribution in [3.8, 4) is 11.4 Å². The maximum absolute atomic E-state index is 12.9. The van der Waals surface area contributed by atoms with E-state index in [2.05, 4.69) is 15.5 Å². The highest BCUT2D eigenvalue weighted by Gasteiger charge is 2.18. The highest BCUT2D eigenvalue weighted by atomic mass is 32.1. The summed E-state index contributed by atoms with van der Waals surface area (Å²) in [5.74, 6) is 0.239. The highest BCUT2D eigenvalue weighted by molar-refractivity contribution is 7.12. The average molecular weight is 345 g/mol. The lowest BCUT2D eigenvalue weighted by atomic mass is 10.2. The molecule has 1 N–H and O–H groups in total. The number of nitrogens with zero attached hydrogens (tertiary/aromatic N) is 2. The Balaban J connectivity index is 1.64. The van der Waals surface area contributed by atoms with Crippen molar-refractivity contribution in [2.24, 2.45) is 0 Å². The van der Waals surface area contributed by atoms with Crippen molar-refractivity contribution in [3.63, 3.8) is 0 Å². The number of aromatic nitrogens is 2. The molecule has 0 fully saturated rings. The van der Waals surface area contributed by atoms with Gasteiger partial charge in [0.2, 0.25) is 17.6 Å². The summed E-state index contributed by atoms with van der Waals surface area (Å²) < 4.78 is 18.1. The molecule has 3 aromatic rings. The molecule has 0 bridgehead atoms. The van der Waals surface area contributed by atoms with Crippen LogP contribution in [-0.2, 0) is 11.2 Å². The number of carbonyl (C=O) groups is 1. The molecule has 5 nitrogen and oxygen atoms in total. The van der Waals surface area contributed by atoms with Crippen LogP contribution in [0.15, 0.2) is 40.9 Å². The summed E-state index contributed by atoms with van der Waals surface area (Å²) in [6.45, 7) is 3.78. The van der Waals surface area contributed by atoms with E-state index < -0.39 is 6.04 Å². The fourth-order valence-electron chi connectivity index (χ4n) is 2.22. The number of nitrogens with one attached hydrogen (secondary N) is 1. The first kappa shape index (κ1) is 16.3. The second-order valence-corrected chi connectivity index (χ2v) is 6.81. The number of amides is 1. The Morgan fingerprint density at radius 2 is 2.04 bits per heavy atom. The van der Waals surface area contributed by atoms with E-state index in [9.17, 15) is 9.18 Å². The molecule has 0 spiro atoms. The molecule has 0 aliphatic heterocycles. The van der Waals surface area contributed by atoms with Crippen molar-refractivity contribution < 1.29 is 13.7 Å². The number of carbonyl (C=O) groups excluding carboxylic acids is 1. The van der Waals surface area contributed by atoms with Gasteiger partial charge in [-0.3, -0.25) is 4.79 Å². The van der Waals surface area contributed by atoms with Crippen LogP contribution >= 0.6 is 11.3 Å². The molecule has 3 rings (SSSR count). The Labute approximate surface area is 142 Å². The van der Waals surface area contributed by atoms with E-state index in [1.807, 2.05) is 19.1 Å². The summed E-state index contributed by atoms with van der Waals surface area (Å²) in [6, 6.07) is 9.35. The van der Waals surface area contributed by atoms with Gasteiger partial charge in [-0.1, -0.05) is 5.16 Å². The zero-order valence-electron chi connectivity index (χ0n) is 13.2. The van der Waals surface area contributed by atoms with Crippen LogP contribution in [0.5, 0.6) is 0 Å². The smallest absolute Gasteiger partial charge is 0.249 e. The zero-order valence-corrected chi connectivity index (χ0v) is 14.1. The van der Waals surface area contributed by atoms with Crippen LogP contribution < -0.4 is 5.32 Å². The van der Waals surface area contributed by atoms with Gasteiger partial charge in [0.25, 0.3) is 0 Å². The fourth-order valence-corrected chi connectivity index (χ4v) is 3.11. The Hall–Kier alpha value is -2.54. The predicted molar refractivity (Wildman–Crippen MR) is 89.0 cm³/mol. The number of thiophene rings is 1. The maximum Gasteiger partial charge on any atom is 0.249 e. The van der Waals surface area contributed by atoms with Crippen LogP contribution in [0, 0.1) is 12.7 Å².